The van der Waals surface area contributed by atoms with Gasteiger partial charge in [0.25, 0.3) is 0 Å². The van der Waals surface area contributed by atoms with E-state index in [0.29, 0.717) is 0 Å². The van der Waals surface area contributed by atoms with Gasteiger partial charge < -0.3 is 0 Å². The van der Waals surface area contributed by atoms with E-state index in [2.05, 4.69) is 10.3 Å². The number of aromatic amines is 1. The number of hydrogen-bond donors (Lipinski definition) is 1. The second-order valence-electron chi connectivity index (χ2n) is 2.45. The van der Waals surface area contributed by atoms with Crippen LogP contribution in [0, 0.1) is 6.92 Å². The lowest BCUT2D eigenvalue weighted by Gasteiger charge is -1.94. The van der Waals surface area contributed by atoms with Gasteiger partial charge in [0, 0.05) is 17.8 Å². The topological polar surface area (TPSA) is 50.2 Å². The van der Waals surface area contributed by atoms with Crippen molar-refractivity contribution in [2.45, 2.75) is 6.92 Å². The SMILES string of the molecule is Cc1cc(=O)cc2cn[nH]n12. The molecule has 0 amide bonds. The normalized spacial score (nSPS) is 10.6. The van der Waals surface area contributed by atoms with E-state index in [9.17, 15) is 4.79 Å². The smallest absolute Gasteiger partial charge is 0.182 e. The molecule has 0 aliphatic rings. The van der Waals surface area contributed by atoms with Crippen molar-refractivity contribution < 1.29 is 0 Å². The van der Waals surface area contributed by atoms with Crippen LogP contribution < -0.4 is 5.43 Å². The third kappa shape index (κ3) is 0.832. The minimum Gasteiger partial charge on any atom is -0.290 e. The van der Waals surface area contributed by atoms with E-state index in [1.165, 1.54) is 6.07 Å². The Hall–Kier alpha value is -1.58. The minimum absolute atomic E-state index is 0.0175. The van der Waals surface area contributed by atoms with Crippen LogP contribution in [0.1, 0.15) is 5.69 Å². The number of hydrogen-bond acceptors (Lipinski definition) is 2. The highest BCUT2D eigenvalue weighted by atomic mass is 16.1. The number of nitrogens with one attached hydrogen (secondary N) is 1. The molecule has 0 aliphatic carbocycles. The van der Waals surface area contributed by atoms with Gasteiger partial charge in [0.1, 0.15) is 0 Å². The van der Waals surface area contributed by atoms with Crippen molar-refractivity contribution in [2.24, 2.45) is 0 Å². The molecule has 2 rings (SSSR count). The van der Waals surface area contributed by atoms with E-state index >= 15 is 0 Å². The van der Waals surface area contributed by atoms with Crippen LogP contribution in [0.4, 0.5) is 0 Å². The van der Waals surface area contributed by atoms with Crippen LogP contribution in [0.3, 0.4) is 0 Å². The van der Waals surface area contributed by atoms with Gasteiger partial charge in [0.2, 0.25) is 0 Å². The molecule has 0 aliphatic heterocycles. The molecular weight excluding hydrogens is 142 g/mol. The summed E-state index contributed by atoms with van der Waals surface area (Å²) < 4.78 is 1.75. The predicted molar refractivity (Wildman–Crippen MR) is 40.5 cm³/mol. The maximum atomic E-state index is 10.9. The van der Waals surface area contributed by atoms with Gasteiger partial charge >= 0.3 is 0 Å². The van der Waals surface area contributed by atoms with E-state index in [1.54, 1.807) is 16.8 Å². The van der Waals surface area contributed by atoms with Gasteiger partial charge in [-0.2, -0.15) is 5.10 Å². The van der Waals surface area contributed by atoms with Crippen molar-refractivity contribution in [3.63, 3.8) is 0 Å². The van der Waals surface area contributed by atoms with Gasteiger partial charge in [-0.25, -0.2) is 9.73 Å². The molecule has 0 saturated heterocycles. The molecular formula is C7H7N3O. The van der Waals surface area contributed by atoms with E-state index in [1.807, 2.05) is 6.92 Å². The first-order valence-electron chi connectivity index (χ1n) is 3.30. The Morgan fingerprint density at radius 2 is 2.36 bits per heavy atom. The van der Waals surface area contributed by atoms with E-state index in [0.717, 1.165) is 11.2 Å². The van der Waals surface area contributed by atoms with Gasteiger partial charge in [-0.3, -0.25) is 4.79 Å². The Labute approximate surface area is 62.5 Å². The third-order valence-electron chi connectivity index (χ3n) is 1.61. The van der Waals surface area contributed by atoms with Gasteiger partial charge in [0.15, 0.2) is 5.43 Å². The summed E-state index contributed by atoms with van der Waals surface area (Å²) in [6.07, 6.45) is 1.62. The fourth-order valence-electron chi connectivity index (χ4n) is 1.11. The zero-order chi connectivity index (χ0) is 7.84. The third-order valence-corrected chi connectivity index (χ3v) is 1.61. The standard InChI is InChI=1S/C7H7N3O/c1-5-2-7(11)3-6-4-8-9-10(5)6/h2-4,9H,1H3. The first-order chi connectivity index (χ1) is 5.27. The molecule has 0 saturated carbocycles. The number of pyridine rings is 1. The number of H-pyrrole nitrogens is 1. The highest BCUT2D eigenvalue weighted by Gasteiger charge is 1.96. The lowest BCUT2D eigenvalue weighted by molar-refractivity contribution is 0.826. The van der Waals surface area contributed by atoms with Crippen LogP contribution in [0.25, 0.3) is 5.52 Å². The minimum atomic E-state index is 0.0175. The van der Waals surface area contributed by atoms with Crippen LogP contribution in [0.2, 0.25) is 0 Å². The van der Waals surface area contributed by atoms with Crippen molar-refractivity contribution in [3.8, 4) is 0 Å². The van der Waals surface area contributed by atoms with Crippen LogP contribution in [0.15, 0.2) is 23.1 Å². The van der Waals surface area contributed by atoms with Crippen LogP contribution in [-0.4, -0.2) is 14.8 Å². The first kappa shape index (κ1) is 6.15. The number of rotatable bonds is 0. The summed E-state index contributed by atoms with van der Waals surface area (Å²) in [4.78, 5) is 10.9. The van der Waals surface area contributed by atoms with Gasteiger partial charge in [-0.05, 0) is 6.92 Å². The monoisotopic (exact) mass is 149 g/mol. The lowest BCUT2D eigenvalue weighted by atomic mass is 10.3. The highest BCUT2D eigenvalue weighted by Crippen LogP contribution is 1.98. The summed E-state index contributed by atoms with van der Waals surface area (Å²) in [5.41, 5.74) is 1.68. The molecule has 0 radical (unpaired) electrons. The van der Waals surface area contributed by atoms with Crippen molar-refractivity contribution >= 4 is 5.52 Å². The lowest BCUT2D eigenvalue weighted by Crippen LogP contribution is -2.03. The van der Waals surface area contributed by atoms with E-state index in [-0.39, 0.29) is 5.43 Å². The maximum Gasteiger partial charge on any atom is 0.182 e. The second kappa shape index (κ2) is 1.95. The molecule has 0 unspecified atom stereocenters. The first-order valence-corrected chi connectivity index (χ1v) is 3.30. The molecule has 4 nitrogen and oxygen atoms in total. The van der Waals surface area contributed by atoms with Crippen molar-refractivity contribution in [1.82, 2.24) is 14.8 Å². The summed E-state index contributed by atoms with van der Waals surface area (Å²) in [5.74, 6) is 0. The summed E-state index contributed by atoms with van der Waals surface area (Å²) in [6.45, 7) is 1.85. The molecule has 0 atom stereocenters. The molecule has 0 fully saturated rings. The van der Waals surface area contributed by atoms with Gasteiger partial charge in [-0.15, -0.1) is 0 Å². The molecule has 0 aromatic carbocycles. The number of fused-ring (bicyclic) bond motifs is 1. The predicted octanol–water partition coefficient (Wildman–Crippen LogP) is 0.331. The molecule has 4 heteroatoms. The van der Waals surface area contributed by atoms with Crippen molar-refractivity contribution in [3.05, 3.63) is 34.2 Å². The maximum absolute atomic E-state index is 10.9. The van der Waals surface area contributed by atoms with E-state index < -0.39 is 0 Å². The van der Waals surface area contributed by atoms with Crippen molar-refractivity contribution in [1.29, 1.82) is 0 Å². The van der Waals surface area contributed by atoms with Gasteiger partial charge in [-0.1, -0.05) is 0 Å². The molecule has 2 aromatic rings. The quantitative estimate of drug-likeness (QED) is 0.586. The summed E-state index contributed by atoms with van der Waals surface area (Å²) in [6, 6.07) is 3.10. The average Bonchev–Trinajstić information content (AvgIpc) is 2.34. The van der Waals surface area contributed by atoms with Crippen LogP contribution in [-0.2, 0) is 0 Å². The number of aromatic nitrogens is 3. The number of aryl methyl sites for hydroxylation is 1. The average molecular weight is 149 g/mol. The summed E-state index contributed by atoms with van der Waals surface area (Å²) in [7, 11) is 0. The summed E-state index contributed by atoms with van der Waals surface area (Å²) >= 11 is 0. The number of nitrogens with zero attached hydrogens (tertiary/aromatic N) is 2. The molecule has 11 heavy (non-hydrogen) atoms. The largest absolute Gasteiger partial charge is 0.290 e. The van der Waals surface area contributed by atoms with E-state index in [4.69, 9.17) is 0 Å². The Morgan fingerprint density at radius 3 is 3.18 bits per heavy atom. The Morgan fingerprint density at radius 1 is 1.55 bits per heavy atom. The zero-order valence-corrected chi connectivity index (χ0v) is 6.03. The van der Waals surface area contributed by atoms with Gasteiger partial charge in [0.05, 0.1) is 11.7 Å². The Bertz CT molecular complexity index is 440. The van der Waals surface area contributed by atoms with Crippen LogP contribution in [0.5, 0.6) is 0 Å². The zero-order valence-electron chi connectivity index (χ0n) is 6.03. The molecule has 0 spiro atoms. The molecule has 56 valence electrons. The molecule has 1 N–H and O–H groups in total. The summed E-state index contributed by atoms with van der Waals surface area (Å²) in [5, 5.41) is 6.55. The molecule has 2 aromatic heterocycles. The molecule has 0 bridgehead atoms. The molecule has 2 heterocycles. The van der Waals surface area contributed by atoms with Crippen LogP contribution >= 0.6 is 0 Å². The highest BCUT2D eigenvalue weighted by molar-refractivity contribution is 5.43. The fourth-order valence-corrected chi connectivity index (χ4v) is 1.11. The van der Waals surface area contributed by atoms with Crippen molar-refractivity contribution in [2.75, 3.05) is 0 Å². The Balaban J connectivity index is 3.02. The fraction of sp³-hybridized carbons (Fsp3) is 0.143. The second-order valence-corrected chi connectivity index (χ2v) is 2.45. The Kier molecular flexibility index (Phi) is 1.09.